The van der Waals surface area contributed by atoms with Crippen molar-refractivity contribution < 1.29 is 4.42 Å². The van der Waals surface area contributed by atoms with E-state index in [1.807, 2.05) is 0 Å². The lowest BCUT2D eigenvalue weighted by atomic mass is 9.76. The lowest BCUT2D eigenvalue weighted by Gasteiger charge is -2.29. The van der Waals surface area contributed by atoms with Crippen molar-refractivity contribution >= 4 is 46.1 Å². The summed E-state index contributed by atoms with van der Waals surface area (Å²) in [6.07, 6.45) is 0. The molecule has 2 aromatic heterocycles. The Balaban J connectivity index is 1.87. The number of aromatic nitrogens is 1. The van der Waals surface area contributed by atoms with Crippen LogP contribution in [-0.4, -0.2) is 13.1 Å². The van der Waals surface area contributed by atoms with Crippen LogP contribution < -0.4 is 5.19 Å². The Morgan fingerprint density at radius 2 is 1.63 bits per heavy atom. The van der Waals surface area contributed by atoms with Crippen molar-refractivity contribution in [1.29, 1.82) is 0 Å². The van der Waals surface area contributed by atoms with Gasteiger partial charge in [-0.25, -0.2) is 4.98 Å². The molecular formula is C27H25NOSi. The minimum absolute atomic E-state index is 0.182. The SMILES string of the molecule is CC1(C)c2cc3ccccc3nc2-c2cccc3oc4c([Si](C)(C)C)ccc1c4c23. The van der Waals surface area contributed by atoms with Gasteiger partial charge in [-0.15, -0.1) is 0 Å². The monoisotopic (exact) mass is 407 g/mol. The van der Waals surface area contributed by atoms with Crippen LogP contribution in [-0.2, 0) is 5.41 Å². The first kappa shape index (κ1) is 17.9. The Kier molecular flexibility index (Phi) is 3.35. The number of benzene rings is 3. The van der Waals surface area contributed by atoms with Crippen LogP contribution in [0.3, 0.4) is 0 Å². The smallest absolute Gasteiger partial charge is 0.136 e. The second-order valence-corrected chi connectivity index (χ2v) is 15.1. The molecule has 0 N–H and O–H groups in total. The van der Waals surface area contributed by atoms with Gasteiger partial charge in [0.1, 0.15) is 11.2 Å². The van der Waals surface area contributed by atoms with Gasteiger partial charge in [0.15, 0.2) is 0 Å². The molecule has 148 valence electrons. The average Bonchev–Trinajstić information content (AvgIpc) is 3.07. The maximum atomic E-state index is 6.57. The van der Waals surface area contributed by atoms with Crippen LogP contribution in [0.25, 0.3) is 44.1 Å². The quantitative estimate of drug-likeness (QED) is 0.280. The molecule has 0 amide bonds. The number of rotatable bonds is 1. The number of hydrogen-bond acceptors (Lipinski definition) is 2. The third-order valence-electron chi connectivity index (χ3n) is 6.78. The molecule has 5 aromatic rings. The third-order valence-corrected chi connectivity index (χ3v) is 8.79. The Labute approximate surface area is 177 Å². The predicted octanol–water partition coefficient (Wildman–Crippen LogP) is 6.99. The van der Waals surface area contributed by atoms with Gasteiger partial charge in [-0.3, -0.25) is 0 Å². The van der Waals surface area contributed by atoms with Gasteiger partial charge in [-0.05, 0) is 34.5 Å². The summed E-state index contributed by atoms with van der Waals surface area (Å²) < 4.78 is 6.57. The van der Waals surface area contributed by atoms with Crippen molar-refractivity contribution in [3.8, 4) is 11.3 Å². The predicted molar refractivity (Wildman–Crippen MR) is 130 cm³/mol. The molecule has 30 heavy (non-hydrogen) atoms. The Morgan fingerprint density at radius 3 is 2.43 bits per heavy atom. The van der Waals surface area contributed by atoms with E-state index in [2.05, 4.69) is 94.2 Å². The summed E-state index contributed by atoms with van der Waals surface area (Å²) in [5.41, 5.74) is 7.79. The van der Waals surface area contributed by atoms with E-state index in [9.17, 15) is 0 Å². The van der Waals surface area contributed by atoms with Gasteiger partial charge in [0, 0.05) is 27.1 Å². The van der Waals surface area contributed by atoms with Gasteiger partial charge in [-0.2, -0.15) is 0 Å². The summed E-state index contributed by atoms with van der Waals surface area (Å²) in [6.45, 7) is 11.8. The second kappa shape index (κ2) is 5.61. The first-order valence-corrected chi connectivity index (χ1v) is 14.2. The number of hydrogen-bond donors (Lipinski definition) is 0. The molecule has 0 bridgehead atoms. The van der Waals surface area contributed by atoms with Crippen molar-refractivity contribution in [1.82, 2.24) is 4.98 Å². The first-order chi connectivity index (χ1) is 14.3. The summed E-state index contributed by atoms with van der Waals surface area (Å²) in [6, 6.07) is 21.9. The van der Waals surface area contributed by atoms with E-state index in [1.54, 1.807) is 0 Å². The largest absolute Gasteiger partial charge is 0.456 e. The summed E-state index contributed by atoms with van der Waals surface area (Å²) in [5, 5.41) is 5.09. The van der Waals surface area contributed by atoms with Crippen molar-refractivity contribution in [3.63, 3.8) is 0 Å². The Morgan fingerprint density at radius 1 is 0.833 bits per heavy atom. The molecule has 1 aliphatic rings. The number of fused-ring (bicyclic) bond motifs is 3. The lowest BCUT2D eigenvalue weighted by Crippen LogP contribution is -2.38. The zero-order valence-electron chi connectivity index (χ0n) is 18.1. The van der Waals surface area contributed by atoms with E-state index in [0.717, 1.165) is 22.4 Å². The fourth-order valence-corrected chi connectivity index (χ4v) is 6.61. The van der Waals surface area contributed by atoms with E-state index in [4.69, 9.17) is 9.40 Å². The van der Waals surface area contributed by atoms with E-state index < -0.39 is 8.07 Å². The van der Waals surface area contributed by atoms with E-state index in [-0.39, 0.29) is 5.41 Å². The molecule has 1 aliphatic carbocycles. The highest BCUT2D eigenvalue weighted by Crippen LogP contribution is 2.49. The van der Waals surface area contributed by atoms with Crippen LogP contribution in [0, 0.1) is 0 Å². The molecule has 2 heterocycles. The van der Waals surface area contributed by atoms with E-state index in [0.29, 0.717) is 0 Å². The number of nitrogens with zero attached hydrogens (tertiary/aromatic N) is 1. The molecule has 2 nitrogen and oxygen atoms in total. The summed E-state index contributed by atoms with van der Waals surface area (Å²) in [7, 11) is -1.57. The fraction of sp³-hybridized carbons (Fsp3) is 0.222. The van der Waals surface area contributed by atoms with Crippen LogP contribution in [0.4, 0.5) is 0 Å². The molecule has 3 aromatic carbocycles. The minimum Gasteiger partial charge on any atom is -0.456 e. The topological polar surface area (TPSA) is 26.0 Å². The molecule has 0 spiro atoms. The zero-order valence-corrected chi connectivity index (χ0v) is 19.1. The molecule has 0 aliphatic heterocycles. The van der Waals surface area contributed by atoms with Crippen molar-refractivity contribution in [3.05, 3.63) is 71.8 Å². The number of furan rings is 1. The summed E-state index contributed by atoms with van der Waals surface area (Å²) in [4.78, 5) is 5.18. The molecule has 0 atom stereocenters. The van der Waals surface area contributed by atoms with Gasteiger partial charge >= 0.3 is 0 Å². The van der Waals surface area contributed by atoms with Gasteiger partial charge in [0.05, 0.1) is 19.3 Å². The second-order valence-electron chi connectivity index (χ2n) is 10.1. The zero-order chi connectivity index (χ0) is 20.8. The highest BCUT2D eigenvalue weighted by Gasteiger charge is 2.36. The lowest BCUT2D eigenvalue weighted by molar-refractivity contribution is 0.643. The molecular weight excluding hydrogens is 382 g/mol. The van der Waals surface area contributed by atoms with Gasteiger partial charge in [-0.1, -0.05) is 76.0 Å². The highest BCUT2D eigenvalue weighted by molar-refractivity contribution is 6.90. The van der Waals surface area contributed by atoms with E-state index in [1.165, 1.54) is 38.0 Å². The minimum atomic E-state index is -1.57. The molecule has 0 unspecified atom stereocenters. The van der Waals surface area contributed by atoms with Crippen LogP contribution in [0.2, 0.25) is 19.6 Å². The molecule has 0 fully saturated rings. The van der Waals surface area contributed by atoms with Gasteiger partial charge < -0.3 is 4.42 Å². The number of para-hydroxylation sites is 1. The molecule has 3 heteroatoms. The van der Waals surface area contributed by atoms with E-state index >= 15 is 0 Å². The Hall–Kier alpha value is -2.91. The first-order valence-electron chi connectivity index (χ1n) is 10.7. The molecule has 0 radical (unpaired) electrons. The van der Waals surface area contributed by atoms with Crippen molar-refractivity contribution in [2.24, 2.45) is 0 Å². The Bertz CT molecular complexity index is 1500. The maximum absolute atomic E-state index is 6.57. The van der Waals surface area contributed by atoms with Gasteiger partial charge in [0.25, 0.3) is 0 Å². The fourth-order valence-electron chi connectivity index (χ4n) is 5.17. The van der Waals surface area contributed by atoms with Gasteiger partial charge in [0.2, 0.25) is 0 Å². The molecule has 0 saturated heterocycles. The summed E-state index contributed by atoms with van der Waals surface area (Å²) in [5.74, 6) is 0. The standard InChI is InChI=1S/C27H25NOSi/c1-27(2)18-13-14-22(30(3,4)5)26-24(18)23-17(10-8-12-21(23)29-26)25-19(27)15-16-9-6-7-11-20(16)28-25/h6-15H,1-5H3. The molecule has 6 rings (SSSR count). The van der Waals surface area contributed by atoms with Crippen LogP contribution >= 0.6 is 0 Å². The maximum Gasteiger partial charge on any atom is 0.136 e. The van der Waals surface area contributed by atoms with Crippen LogP contribution in [0.1, 0.15) is 25.0 Å². The average molecular weight is 408 g/mol. The summed E-state index contributed by atoms with van der Waals surface area (Å²) >= 11 is 0. The highest BCUT2D eigenvalue weighted by atomic mass is 28.3. The van der Waals surface area contributed by atoms with Crippen LogP contribution in [0.15, 0.2) is 65.1 Å². The van der Waals surface area contributed by atoms with Crippen LogP contribution in [0.5, 0.6) is 0 Å². The number of pyridine rings is 1. The van der Waals surface area contributed by atoms with Crippen molar-refractivity contribution in [2.75, 3.05) is 0 Å². The van der Waals surface area contributed by atoms with Crippen molar-refractivity contribution in [2.45, 2.75) is 38.9 Å². The molecule has 0 saturated carbocycles. The normalized spacial score (nSPS) is 15.1. The third kappa shape index (κ3) is 2.21.